The van der Waals surface area contributed by atoms with Crippen LogP contribution in [0.2, 0.25) is 0 Å². The Bertz CT molecular complexity index is 215. The second kappa shape index (κ2) is 3.27. The summed E-state index contributed by atoms with van der Waals surface area (Å²) in [4.78, 5) is 13.1. The van der Waals surface area contributed by atoms with Gasteiger partial charge in [-0.2, -0.15) is 0 Å². The van der Waals surface area contributed by atoms with E-state index in [9.17, 15) is 4.79 Å². The first-order valence-electron chi connectivity index (χ1n) is 3.78. The molecule has 1 aliphatic rings. The van der Waals surface area contributed by atoms with Crippen molar-refractivity contribution in [2.45, 2.75) is 11.3 Å². The molecule has 12 heavy (non-hydrogen) atoms. The molecule has 1 heterocycles. The lowest BCUT2D eigenvalue weighted by Crippen LogP contribution is -2.32. The summed E-state index contributed by atoms with van der Waals surface area (Å²) in [6.45, 7) is 6.54. The molecule has 0 aliphatic carbocycles. The largest absolute Gasteiger partial charge is 0.336 e. The minimum Gasteiger partial charge on any atom is -0.336 e. The zero-order chi connectivity index (χ0) is 9.35. The van der Waals surface area contributed by atoms with E-state index in [1.54, 1.807) is 11.0 Å². The fourth-order valence-corrected chi connectivity index (χ4v) is 1.64. The summed E-state index contributed by atoms with van der Waals surface area (Å²) >= 11 is 11.7. The van der Waals surface area contributed by atoms with E-state index in [-0.39, 0.29) is 11.8 Å². The van der Waals surface area contributed by atoms with Gasteiger partial charge in [-0.15, -0.1) is 6.58 Å². The van der Waals surface area contributed by atoms with Crippen LogP contribution in [0.1, 0.15) is 6.92 Å². The van der Waals surface area contributed by atoms with Crippen LogP contribution in [-0.4, -0.2) is 28.2 Å². The summed E-state index contributed by atoms with van der Waals surface area (Å²) in [6.07, 6.45) is 1.67. The van der Waals surface area contributed by atoms with Crippen LogP contribution in [0.3, 0.4) is 0 Å². The minimum atomic E-state index is -1.23. The van der Waals surface area contributed by atoms with Crippen LogP contribution < -0.4 is 0 Å². The van der Waals surface area contributed by atoms with Crippen LogP contribution in [0.4, 0.5) is 0 Å². The molecule has 1 rings (SSSR count). The average molecular weight is 208 g/mol. The number of likely N-dealkylation sites (tertiary alicyclic amines) is 1. The van der Waals surface area contributed by atoms with Crippen LogP contribution in [0.15, 0.2) is 12.7 Å². The molecule has 0 aromatic carbocycles. The number of nitrogens with zero attached hydrogens (tertiary/aromatic N) is 1. The van der Waals surface area contributed by atoms with Gasteiger partial charge < -0.3 is 4.90 Å². The highest BCUT2D eigenvalue weighted by molar-refractivity contribution is 6.58. The molecule has 0 saturated carbocycles. The Morgan fingerprint density at radius 1 is 1.83 bits per heavy atom. The molecular formula is C8H11Cl2NO. The summed E-state index contributed by atoms with van der Waals surface area (Å²) in [6, 6.07) is 0. The Kier molecular flexibility index (Phi) is 2.69. The van der Waals surface area contributed by atoms with Crippen molar-refractivity contribution in [3.8, 4) is 0 Å². The van der Waals surface area contributed by atoms with E-state index < -0.39 is 4.33 Å². The van der Waals surface area contributed by atoms with Gasteiger partial charge in [0, 0.05) is 19.0 Å². The van der Waals surface area contributed by atoms with E-state index in [2.05, 4.69) is 6.58 Å². The molecular weight excluding hydrogens is 197 g/mol. The molecule has 0 radical (unpaired) electrons. The van der Waals surface area contributed by atoms with Gasteiger partial charge >= 0.3 is 0 Å². The van der Waals surface area contributed by atoms with Crippen molar-refractivity contribution in [3.63, 3.8) is 0 Å². The van der Waals surface area contributed by atoms with Gasteiger partial charge in [0.05, 0.1) is 0 Å². The molecule has 2 nitrogen and oxygen atoms in total. The minimum absolute atomic E-state index is 0.0201. The second-order valence-electron chi connectivity index (χ2n) is 3.02. The predicted octanol–water partition coefficient (Wildman–Crippen LogP) is 1.82. The van der Waals surface area contributed by atoms with E-state index in [1.165, 1.54) is 0 Å². The third-order valence-electron chi connectivity index (χ3n) is 2.04. The Hall–Kier alpha value is -0.210. The predicted molar refractivity (Wildman–Crippen MR) is 50.4 cm³/mol. The van der Waals surface area contributed by atoms with Crippen molar-refractivity contribution < 1.29 is 4.79 Å². The van der Waals surface area contributed by atoms with E-state index >= 15 is 0 Å². The summed E-state index contributed by atoms with van der Waals surface area (Å²) < 4.78 is -1.23. The molecule has 1 aliphatic heterocycles. The van der Waals surface area contributed by atoms with Gasteiger partial charge in [0.15, 0.2) is 4.33 Å². The number of alkyl halides is 2. The molecule has 0 bridgehead atoms. The van der Waals surface area contributed by atoms with Gasteiger partial charge in [-0.05, 0) is 0 Å². The van der Waals surface area contributed by atoms with Crippen molar-refractivity contribution in [2.24, 2.45) is 5.92 Å². The molecule has 1 atom stereocenters. The first-order chi connectivity index (χ1) is 5.50. The fourth-order valence-electron chi connectivity index (χ4n) is 1.26. The molecule has 1 amide bonds. The van der Waals surface area contributed by atoms with Gasteiger partial charge in [-0.1, -0.05) is 36.2 Å². The maximum atomic E-state index is 11.4. The summed E-state index contributed by atoms with van der Waals surface area (Å²) in [5, 5.41) is 0. The Labute approximate surface area is 82.1 Å². The normalized spacial score (nSPS) is 27.8. The van der Waals surface area contributed by atoms with Gasteiger partial charge in [-0.25, -0.2) is 0 Å². The third-order valence-corrected chi connectivity index (χ3v) is 3.10. The first kappa shape index (κ1) is 9.87. The highest BCUT2D eigenvalue weighted by atomic mass is 35.5. The number of carbonyl (C=O) groups is 1. The number of amides is 1. The average Bonchev–Trinajstić information content (AvgIpc) is 2.17. The molecule has 1 unspecified atom stereocenters. The number of hydrogen-bond acceptors (Lipinski definition) is 1. The van der Waals surface area contributed by atoms with Crippen molar-refractivity contribution in [3.05, 3.63) is 12.7 Å². The quantitative estimate of drug-likeness (QED) is 0.500. The Morgan fingerprint density at radius 2 is 2.42 bits per heavy atom. The standard InChI is InChI=1S/C8H11Cl2NO/c1-3-4-11-5-6(2)8(9,10)7(11)12/h3,6H,1,4-5H2,2H3. The second-order valence-corrected chi connectivity index (χ2v) is 4.41. The molecule has 0 N–H and O–H groups in total. The van der Waals surface area contributed by atoms with Gasteiger partial charge in [0.2, 0.25) is 0 Å². The SMILES string of the molecule is C=CCN1CC(C)C(Cl)(Cl)C1=O. The molecule has 1 fully saturated rings. The van der Waals surface area contributed by atoms with Crippen LogP contribution in [0, 0.1) is 5.92 Å². The van der Waals surface area contributed by atoms with E-state index in [1.807, 2.05) is 6.92 Å². The lowest BCUT2D eigenvalue weighted by molar-refractivity contribution is -0.127. The maximum absolute atomic E-state index is 11.4. The molecule has 0 spiro atoms. The van der Waals surface area contributed by atoms with E-state index in [0.717, 1.165) is 0 Å². The maximum Gasteiger partial charge on any atom is 0.259 e. The molecule has 0 aromatic heterocycles. The molecule has 1 saturated heterocycles. The number of carbonyl (C=O) groups excluding carboxylic acids is 1. The van der Waals surface area contributed by atoms with Crippen LogP contribution in [0.25, 0.3) is 0 Å². The topological polar surface area (TPSA) is 20.3 Å². The molecule has 0 aromatic rings. The lowest BCUT2D eigenvalue weighted by atomic mass is 10.1. The third kappa shape index (κ3) is 1.46. The zero-order valence-corrected chi connectivity index (χ0v) is 8.40. The van der Waals surface area contributed by atoms with Gasteiger partial charge in [0.25, 0.3) is 5.91 Å². The fraction of sp³-hybridized carbons (Fsp3) is 0.625. The van der Waals surface area contributed by atoms with Crippen molar-refractivity contribution in [1.82, 2.24) is 4.90 Å². The number of halogens is 2. The summed E-state index contributed by atoms with van der Waals surface area (Å²) in [5.41, 5.74) is 0. The van der Waals surface area contributed by atoms with Crippen molar-refractivity contribution >= 4 is 29.1 Å². The number of hydrogen-bond donors (Lipinski definition) is 0. The summed E-state index contributed by atoms with van der Waals surface area (Å²) in [7, 11) is 0. The van der Waals surface area contributed by atoms with Crippen LogP contribution in [0.5, 0.6) is 0 Å². The van der Waals surface area contributed by atoms with Gasteiger partial charge in [-0.3, -0.25) is 4.79 Å². The molecule has 4 heteroatoms. The molecule has 68 valence electrons. The Morgan fingerprint density at radius 3 is 2.75 bits per heavy atom. The smallest absolute Gasteiger partial charge is 0.259 e. The Balaban J connectivity index is 2.76. The number of rotatable bonds is 2. The van der Waals surface area contributed by atoms with Gasteiger partial charge in [0.1, 0.15) is 0 Å². The lowest BCUT2D eigenvalue weighted by Gasteiger charge is -2.14. The van der Waals surface area contributed by atoms with Crippen LogP contribution in [-0.2, 0) is 4.79 Å². The monoisotopic (exact) mass is 207 g/mol. The van der Waals surface area contributed by atoms with E-state index in [0.29, 0.717) is 13.1 Å². The highest BCUT2D eigenvalue weighted by Crippen LogP contribution is 2.38. The zero-order valence-electron chi connectivity index (χ0n) is 6.89. The van der Waals surface area contributed by atoms with E-state index in [4.69, 9.17) is 23.2 Å². The van der Waals surface area contributed by atoms with Crippen LogP contribution >= 0.6 is 23.2 Å². The summed E-state index contributed by atoms with van der Waals surface area (Å²) in [5.74, 6) is -0.230. The highest BCUT2D eigenvalue weighted by Gasteiger charge is 2.48. The first-order valence-corrected chi connectivity index (χ1v) is 4.53. The van der Waals surface area contributed by atoms with Crippen molar-refractivity contribution in [2.75, 3.05) is 13.1 Å². The van der Waals surface area contributed by atoms with Crippen molar-refractivity contribution in [1.29, 1.82) is 0 Å².